The normalized spacial score (nSPS) is 12.6. The van der Waals surface area contributed by atoms with Gasteiger partial charge < -0.3 is 9.88 Å². The minimum atomic E-state index is 0.210. The van der Waals surface area contributed by atoms with E-state index in [4.69, 9.17) is 23.2 Å². The quantitative estimate of drug-likeness (QED) is 0.873. The molecule has 0 bridgehead atoms. The van der Waals surface area contributed by atoms with E-state index in [1.165, 1.54) is 0 Å². The zero-order valence-corrected chi connectivity index (χ0v) is 13.2. The van der Waals surface area contributed by atoms with Gasteiger partial charge >= 0.3 is 0 Å². The summed E-state index contributed by atoms with van der Waals surface area (Å²) in [5, 5.41) is 4.85. The molecule has 108 valence electrons. The van der Waals surface area contributed by atoms with Gasteiger partial charge in [-0.15, -0.1) is 0 Å². The van der Waals surface area contributed by atoms with E-state index in [0.717, 1.165) is 30.8 Å². The fourth-order valence-corrected chi connectivity index (χ4v) is 2.85. The highest BCUT2D eigenvalue weighted by Gasteiger charge is 2.15. The van der Waals surface area contributed by atoms with Gasteiger partial charge in [0.25, 0.3) is 0 Å². The number of nitrogens with one attached hydrogen (secondary N) is 1. The van der Waals surface area contributed by atoms with Crippen LogP contribution in [0.2, 0.25) is 10.0 Å². The molecule has 2 aromatic rings. The second-order valence-corrected chi connectivity index (χ2v) is 5.61. The maximum Gasteiger partial charge on any atom is 0.108 e. The van der Waals surface area contributed by atoms with E-state index in [-0.39, 0.29) is 6.04 Å². The summed E-state index contributed by atoms with van der Waals surface area (Å²) in [5.41, 5.74) is 1.09. The van der Waals surface area contributed by atoms with Crippen LogP contribution in [0, 0.1) is 0 Å². The maximum absolute atomic E-state index is 6.31. The van der Waals surface area contributed by atoms with E-state index in [1.807, 2.05) is 36.1 Å². The lowest BCUT2D eigenvalue weighted by Crippen LogP contribution is -2.22. The predicted molar refractivity (Wildman–Crippen MR) is 84.4 cm³/mol. The van der Waals surface area contributed by atoms with Crippen molar-refractivity contribution >= 4 is 23.2 Å². The third-order valence-corrected chi connectivity index (χ3v) is 3.93. The van der Waals surface area contributed by atoms with Crippen molar-refractivity contribution in [2.45, 2.75) is 25.8 Å². The van der Waals surface area contributed by atoms with Crippen molar-refractivity contribution < 1.29 is 0 Å². The van der Waals surface area contributed by atoms with Crippen LogP contribution in [0.5, 0.6) is 0 Å². The van der Waals surface area contributed by atoms with Crippen LogP contribution in [0.25, 0.3) is 0 Å². The number of aryl methyl sites for hydroxylation is 2. The fraction of sp³-hybridized carbons (Fsp3) is 0.400. The zero-order chi connectivity index (χ0) is 14.5. The van der Waals surface area contributed by atoms with E-state index >= 15 is 0 Å². The van der Waals surface area contributed by atoms with Gasteiger partial charge in [-0.2, -0.15) is 0 Å². The minimum absolute atomic E-state index is 0.210. The number of imidazole rings is 1. The number of benzene rings is 1. The minimum Gasteiger partial charge on any atom is -0.338 e. The molecule has 1 heterocycles. The lowest BCUT2D eigenvalue weighted by atomic mass is 10.0. The van der Waals surface area contributed by atoms with Crippen molar-refractivity contribution in [3.8, 4) is 0 Å². The molecule has 20 heavy (non-hydrogen) atoms. The Morgan fingerprint density at radius 2 is 2.15 bits per heavy atom. The Labute approximate surface area is 129 Å². The van der Waals surface area contributed by atoms with Crippen molar-refractivity contribution in [2.75, 3.05) is 6.54 Å². The van der Waals surface area contributed by atoms with Gasteiger partial charge in [-0.1, -0.05) is 36.2 Å². The summed E-state index contributed by atoms with van der Waals surface area (Å²) in [6, 6.07) is 5.88. The molecule has 0 spiro atoms. The van der Waals surface area contributed by atoms with Crippen molar-refractivity contribution in [1.82, 2.24) is 14.9 Å². The van der Waals surface area contributed by atoms with Gasteiger partial charge in [-0.05, 0) is 30.7 Å². The molecular weight excluding hydrogens is 293 g/mol. The lowest BCUT2D eigenvalue weighted by Gasteiger charge is -2.19. The Morgan fingerprint density at radius 3 is 2.75 bits per heavy atom. The molecule has 3 nitrogen and oxygen atoms in total. The van der Waals surface area contributed by atoms with Crippen LogP contribution in [-0.2, 0) is 13.5 Å². The second-order valence-electron chi connectivity index (χ2n) is 4.77. The molecule has 0 aliphatic carbocycles. The second kappa shape index (κ2) is 7.11. The van der Waals surface area contributed by atoms with Gasteiger partial charge in [0, 0.05) is 41.9 Å². The first kappa shape index (κ1) is 15.4. The number of aromatic nitrogens is 2. The Balaban J connectivity index is 2.12. The van der Waals surface area contributed by atoms with Crippen LogP contribution in [0.3, 0.4) is 0 Å². The van der Waals surface area contributed by atoms with E-state index in [1.54, 1.807) is 6.07 Å². The molecule has 0 saturated carbocycles. The number of hydrogen-bond acceptors (Lipinski definition) is 2. The Hall–Kier alpha value is -1.03. The van der Waals surface area contributed by atoms with Crippen LogP contribution >= 0.6 is 23.2 Å². The maximum atomic E-state index is 6.31. The zero-order valence-electron chi connectivity index (χ0n) is 11.7. The van der Waals surface area contributed by atoms with Crippen molar-refractivity contribution in [2.24, 2.45) is 7.05 Å². The van der Waals surface area contributed by atoms with E-state index < -0.39 is 0 Å². The highest BCUT2D eigenvalue weighted by atomic mass is 35.5. The third kappa shape index (κ3) is 3.75. The average Bonchev–Trinajstić information content (AvgIpc) is 2.81. The lowest BCUT2D eigenvalue weighted by molar-refractivity contribution is 0.506. The summed E-state index contributed by atoms with van der Waals surface area (Å²) in [5.74, 6) is 1.08. The van der Waals surface area contributed by atoms with Gasteiger partial charge in [0.1, 0.15) is 5.82 Å². The molecule has 0 aliphatic heterocycles. The standard InChI is InChI=1S/C15H19Cl2N3/c1-3-18-14(6-7-15-19-8-9-20(15)2)12-5-4-11(16)10-13(12)17/h4-5,8-10,14,18H,3,6-7H2,1-2H3. The summed E-state index contributed by atoms with van der Waals surface area (Å²) >= 11 is 12.3. The average molecular weight is 312 g/mol. The molecule has 5 heteroatoms. The SMILES string of the molecule is CCNC(CCc1nccn1C)c1ccc(Cl)cc1Cl. The van der Waals surface area contributed by atoms with Crippen molar-refractivity contribution in [3.05, 3.63) is 52.0 Å². The summed E-state index contributed by atoms with van der Waals surface area (Å²) in [6.45, 7) is 2.99. The number of rotatable bonds is 6. The molecule has 0 radical (unpaired) electrons. The fourth-order valence-electron chi connectivity index (χ4n) is 2.31. The van der Waals surface area contributed by atoms with E-state index in [0.29, 0.717) is 10.0 Å². The number of halogens is 2. The highest BCUT2D eigenvalue weighted by Crippen LogP contribution is 2.28. The van der Waals surface area contributed by atoms with Gasteiger partial charge in [0.15, 0.2) is 0 Å². The van der Waals surface area contributed by atoms with E-state index in [9.17, 15) is 0 Å². The van der Waals surface area contributed by atoms with Gasteiger partial charge in [-0.3, -0.25) is 0 Å². The topological polar surface area (TPSA) is 29.9 Å². The first-order valence-electron chi connectivity index (χ1n) is 6.76. The van der Waals surface area contributed by atoms with Gasteiger partial charge in [0.05, 0.1) is 0 Å². The van der Waals surface area contributed by atoms with Crippen LogP contribution in [0.4, 0.5) is 0 Å². The van der Waals surface area contributed by atoms with E-state index in [2.05, 4.69) is 17.2 Å². The smallest absolute Gasteiger partial charge is 0.108 e. The van der Waals surface area contributed by atoms with Gasteiger partial charge in [-0.25, -0.2) is 4.98 Å². The molecule has 2 rings (SSSR count). The molecule has 0 aliphatic rings. The predicted octanol–water partition coefficient (Wildman–Crippen LogP) is 4.01. The molecular formula is C15H19Cl2N3. The van der Waals surface area contributed by atoms with Crippen LogP contribution in [0.15, 0.2) is 30.6 Å². The van der Waals surface area contributed by atoms with Crippen LogP contribution in [-0.4, -0.2) is 16.1 Å². The molecule has 1 N–H and O–H groups in total. The summed E-state index contributed by atoms with van der Waals surface area (Å²) < 4.78 is 2.05. The molecule has 0 saturated heterocycles. The molecule has 1 atom stereocenters. The molecule has 1 aromatic heterocycles. The highest BCUT2D eigenvalue weighted by molar-refractivity contribution is 6.35. The monoisotopic (exact) mass is 311 g/mol. The summed E-state index contributed by atoms with van der Waals surface area (Å²) in [6.07, 6.45) is 5.64. The number of hydrogen-bond donors (Lipinski definition) is 1. The van der Waals surface area contributed by atoms with Crippen molar-refractivity contribution in [1.29, 1.82) is 0 Å². The Morgan fingerprint density at radius 1 is 1.35 bits per heavy atom. The largest absolute Gasteiger partial charge is 0.338 e. The summed E-state index contributed by atoms with van der Waals surface area (Å²) in [7, 11) is 2.01. The molecule has 1 unspecified atom stereocenters. The van der Waals surface area contributed by atoms with Crippen LogP contribution in [0.1, 0.15) is 30.8 Å². The van der Waals surface area contributed by atoms with Crippen molar-refractivity contribution in [3.63, 3.8) is 0 Å². The Kier molecular flexibility index (Phi) is 5.46. The Bertz CT molecular complexity index is 566. The molecule has 0 amide bonds. The molecule has 1 aromatic carbocycles. The third-order valence-electron chi connectivity index (χ3n) is 3.37. The van der Waals surface area contributed by atoms with Gasteiger partial charge in [0.2, 0.25) is 0 Å². The summed E-state index contributed by atoms with van der Waals surface area (Å²) in [4.78, 5) is 4.36. The molecule has 0 fully saturated rings. The first-order chi connectivity index (χ1) is 9.61. The first-order valence-corrected chi connectivity index (χ1v) is 7.52. The number of nitrogens with zero attached hydrogens (tertiary/aromatic N) is 2. The van der Waals surface area contributed by atoms with Crippen LogP contribution < -0.4 is 5.32 Å².